The number of hydrogen-bond donors (Lipinski definition) is 2. The van der Waals surface area contributed by atoms with E-state index in [1.807, 2.05) is 0 Å². The van der Waals surface area contributed by atoms with Gasteiger partial charge in [0.25, 0.3) is 0 Å². The maximum atomic E-state index is 5.40. The largest absolute Gasteiger partial charge is 0.396 e. The molecule has 1 aliphatic heterocycles. The molecule has 54 valence electrons. The van der Waals surface area contributed by atoms with Crippen molar-refractivity contribution in [3.05, 3.63) is 24.7 Å². The molecule has 0 aromatic carbocycles. The third kappa shape index (κ3) is 1.08. The molecule has 1 rings (SSSR count). The Balaban J connectivity index is 2.73. The van der Waals surface area contributed by atoms with Crippen molar-refractivity contribution >= 4 is 6.21 Å². The van der Waals surface area contributed by atoms with Gasteiger partial charge in [-0.05, 0) is 0 Å². The summed E-state index contributed by atoms with van der Waals surface area (Å²) in [5.74, 6) is 5.40. The Bertz CT molecular complexity index is 194. The first kappa shape index (κ1) is 6.63. The zero-order valence-electron chi connectivity index (χ0n) is 5.44. The van der Waals surface area contributed by atoms with E-state index < -0.39 is 0 Å². The number of allylic oxidation sites excluding steroid dienone is 1. The first-order valence-electron chi connectivity index (χ1n) is 2.71. The maximum absolute atomic E-state index is 5.40. The molecule has 0 spiro atoms. The molecule has 0 aromatic heterocycles. The SMILES string of the molecule is C=CN1N=CC(N)=CN1N. The van der Waals surface area contributed by atoms with Gasteiger partial charge in [-0.25, -0.2) is 11.0 Å². The summed E-state index contributed by atoms with van der Waals surface area (Å²) in [5, 5.41) is 6.40. The third-order valence-corrected chi connectivity index (χ3v) is 1.01. The minimum Gasteiger partial charge on any atom is -0.396 e. The molecule has 0 atom stereocenters. The highest BCUT2D eigenvalue weighted by Crippen LogP contribution is 2.00. The quantitative estimate of drug-likeness (QED) is 0.472. The first-order chi connectivity index (χ1) is 4.74. The van der Waals surface area contributed by atoms with Crippen molar-refractivity contribution in [3.63, 3.8) is 0 Å². The Hall–Kier alpha value is -1.49. The summed E-state index contributed by atoms with van der Waals surface area (Å²) in [6.07, 6.45) is 4.50. The van der Waals surface area contributed by atoms with Gasteiger partial charge in [-0.15, -0.1) is 0 Å². The summed E-state index contributed by atoms with van der Waals surface area (Å²) >= 11 is 0. The van der Waals surface area contributed by atoms with Gasteiger partial charge >= 0.3 is 0 Å². The molecule has 0 unspecified atom stereocenters. The molecule has 0 radical (unpaired) electrons. The second-order valence-electron chi connectivity index (χ2n) is 1.76. The summed E-state index contributed by atoms with van der Waals surface area (Å²) < 4.78 is 0. The summed E-state index contributed by atoms with van der Waals surface area (Å²) in [6, 6.07) is 0. The number of nitrogens with zero attached hydrogens (tertiary/aromatic N) is 3. The van der Waals surface area contributed by atoms with Crippen LogP contribution in [-0.4, -0.2) is 16.5 Å². The van der Waals surface area contributed by atoms with Crippen molar-refractivity contribution < 1.29 is 0 Å². The molecule has 0 saturated carbocycles. The standard InChI is InChI=1S/C5H9N5/c1-2-10-8-3-5(6)4-9(10)7/h2-4H,1,6-7H2. The van der Waals surface area contributed by atoms with Gasteiger partial charge in [-0.3, -0.25) is 0 Å². The van der Waals surface area contributed by atoms with E-state index in [0.717, 1.165) is 0 Å². The molecule has 1 aliphatic rings. The lowest BCUT2D eigenvalue weighted by atomic mass is 10.5. The lowest BCUT2D eigenvalue weighted by molar-refractivity contribution is 0.0777. The van der Waals surface area contributed by atoms with Crippen LogP contribution in [0.1, 0.15) is 0 Å². The van der Waals surface area contributed by atoms with Crippen LogP contribution in [0.25, 0.3) is 0 Å². The highest BCUT2D eigenvalue weighted by Gasteiger charge is 2.04. The van der Waals surface area contributed by atoms with Crippen molar-refractivity contribution in [1.82, 2.24) is 10.2 Å². The van der Waals surface area contributed by atoms with E-state index in [2.05, 4.69) is 11.7 Å². The number of nitrogens with two attached hydrogens (primary N) is 2. The molecule has 1 heterocycles. The Kier molecular flexibility index (Phi) is 1.59. The van der Waals surface area contributed by atoms with Crippen LogP contribution in [0, 0.1) is 0 Å². The molecule has 10 heavy (non-hydrogen) atoms. The van der Waals surface area contributed by atoms with Crippen molar-refractivity contribution in [2.45, 2.75) is 0 Å². The van der Waals surface area contributed by atoms with Crippen LogP contribution in [0.15, 0.2) is 29.8 Å². The van der Waals surface area contributed by atoms with Crippen LogP contribution in [0.5, 0.6) is 0 Å². The van der Waals surface area contributed by atoms with Gasteiger partial charge in [0.2, 0.25) is 0 Å². The second kappa shape index (κ2) is 2.40. The van der Waals surface area contributed by atoms with Gasteiger partial charge in [-0.1, -0.05) is 6.58 Å². The number of rotatable bonds is 1. The minimum absolute atomic E-state index is 0.514. The Morgan fingerprint density at radius 3 is 2.90 bits per heavy atom. The highest BCUT2D eigenvalue weighted by atomic mass is 15.9. The predicted molar refractivity (Wildman–Crippen MR) is 38.8 cm³/mol. The van der Waals surface area contributed by atoms with Crippen LogP contribution in [0.4, 0.5) is 0 Å². The smallest absolute Gasteiger partial charge is 0.0741 e. The van der Waals surface area contributed by atoms with Crippen LogP contribution >= 0.6 is 0 Å². The normalized spacial score (nSPS) is 17.1. The van der Waals surface area contributed by atoms with E-state index in [1.165, 1.54) is 28.9 Å². The molecule has 5 heteroatoms. The Morgan fingerprint density at radius 2 is 2.40 bits per heavy atom. The van der Waals surface area contributed by atoms with E-state index in [1.54, 1.807) is 0 Å². The fourth-order valence-electron chi connectivity index (χ4n) is 0.572. The summed E-state index contributed by atoms with van der Waals surface area (Å²) in [6.45, 7) is 3.48. The van der Waals surface area contributed by atoms with E-state index in [-0.39, 0.29) is 0 Å². The van der Waals surface area contributed by atoms with Gasteiger partial charge in [0, 0.05) is 6.20 Å². The van der Waals surface area contributed by atoms with E-state index in [0.29, 0.717) is 5.70 Å². The summed E-state index contributed by atoms with van der Waals surface area (Å²) in [5.41, 5.74) is 5.89. The summed E-state index contributed by atoms with van der Waals surface area (Å²) in [7, 11) is 0. The van der Waals surface area contributed by atoms with Gasteiger partial charge < -0.3 is 5.73 Å². The third-order valence-electron chi connectivity index (χ3n) is 1.01. The van der Waals surface area contributed by atoms with Crippen LogP contribution in [-0.2, 0) is 0 Å². The Morgan fingerprint density at radius 1 is 1.70 bits per heavy atom. The molecular weight excluding hydrogens is 130 g/mol. The number of hydrazine groups is 2. The number of hydrogen-bond acceptors (Lipinski definition) is 5. The van der Waals surface area contributed by atoms with Crippen molar-refractivity contribution in [2.24, 2.45) is 16.7 Å². The second-order valence-corrected chi connectivity index (χ2v) is 1.76. The molecule has 0 bridgehead atoms. The van der Waals surface area contributed by atoms with E-state index >= 15 is 0 Å². The van der Waals surface area contributed by atoms with Crippen molar-refractivity contribution in [1.29, 1.82) is 0 Å². The highest BCUT2D eigenvalue weighted by molar-refractivity contribution is 5.77. The fourth-order valence-corrected chi connectivity index (χ4v) is 0.572. The first-order valence-corrected chi connectivity index (χ1v) is 2.71. The molecule has 0 aromatic rings. The maximum Gasteiger partial charge on any atom is 0.0741 e. The van der Waals surface area contributed by atoms with Gasteiger partial charge in [-0.2, -0.15) is 10.2 Å². The van der Waals surface area contributed by atoms with Crippen LogP contribution in [0.3, 0.4) is 0 Å². The average molecular weight is 139 g/mol. The molecule has 4 N–H and O–H groups in total. The summed E-state index contributed by atoms with van der Waals surface area (Å²) in [4.78, 5) is 0. The van der Waals surface area contributed by atoms with Gasteiger partial charge in [0.15, 0.2) is 0 Å². The zero-order valence-corrected chi connectivity index (χ0v) is 5.44. The zero-order chi connectivity index (χ0) is 7.56. The molecular formula is C5H9N5. The van der Waals surface area contributed by atoms with Crippen molar-refractivity contribution in [2.75, 3.05) is 0 Å². The van der Waals surface area contributed by atoms with Gasteiger partial charge in [0.1, 0.15) is 0 Å². The minimum atomic E-state index is 0.514. The lowest BCUT2D eigenvalue weighted by Gasteiger charge is -2.25. The molecule has 5 nitrogen and oxygen atoms in total. The predicted octanol–water partition coefficient (Wildman–Crippen LogP) is -0.678. The molecule has 0 aliphatic carbocycles. The topological polar surface area (TPSA) is 70.9 Å². The lowest BCUT2D eigenvalue weighted by Crippen LogP contribution is -2.39. The van der Waals surface area contributed by atoms with E-state index in [4.69, 9.17) is 11.6 Å². The monoisotopic (exact) mass is 139 g/mol. The van der Waals surface area contributed by atoms with Crippen molar-refractivity contribution in [3.8, 4) is 0 Å². The van der Waals surface area contributed by atoms with Gasteiger partial charge in [0.05, 0.1) is 18.1 Å². The average Bonchev–Trinajstić information content (AvgIpc) is 1.88. The molecule has 0 amide bonds. The molecule has 0 saturated heterocycles. The fraction of sp³-hybridized carbons (Fsp3) is 0. The Labute approximate surface area is 58.8 Å². The van der Waals surface area contributed by atoms with Crippen LogP contribution in [0.2, 0.25) is 0 Å². The van der Waals surface area contributed by atoms with E-state index in [9.17, 15) is 0 Å². The number of hydrazone groups is 1. The van der Waals surface area contributed by atoms with Crippen LogP contribution < -0.4 is 11.6 Å². The molecule has 0 fully saturated rings.